The Morgan fingerprint density at radius 2 is 2.19 bits per heavy atom. The lowest BCUT2D eigenvalue weighted by Gasteiger charge is -2.00. The van der Waals surface area contributed by atoms with Crippen LogP contribution in [0.15, 0.2) is 44.2 Å². The second-order valence-corrected chi connectivity index (χ2v) is 7.62. The summed E-state index contributed by atoms with van der Waals surface area (Å²) in [7, 11) is 1.27. The molecule has 0 bridgehead atoms. The van der Waals surface area contributed by atoms with Crippen molar-refractivity contribution >= 4 is 61.6 Å². The van der Waals surface area contributed by atoms with Crippen LogP contribution < -0.4 is 5.56 Å². The third-order valence-electron chi connectivity index (χ3n) is 3.74. The van der Waals surface area contributed by atoms with Crippen LogP contribution in [0.1, 0.15) is 22.1 Å². The van der Waals surface area contributed by atoms with Gasteiger partial charge in [0.25, 0.3) is 5.56 Å². The molecule has 4 heterocycles. The molecule has 0 atom stereocenters. The summed E-state index contributed by atoms with van der Waals surface area (Å²) in [6.07, 6.45) is 1.48. The number of aromatic nitrogens is 2. The summed E-state index contributed by atoms with van der Waals surface area (Å²) in [5.41, 5.74) is 0.597. The highest BCUT2D eigenvalue weighted by Gasteiger charge is 2.15. The maximum atomic E-state index is 12.6. The van der Waals surface area contributed by atoms with E-state index in [9.17, 15) is 9.59 Å². The van der Waals surface area contributed by atoms with Crippen molar-refractivity contribution in [3.63, 3.8) is 0 Å². The summed E-state index contributed by atoms with van der Waals surface area (Å²) in [4.78, 5) is 32.8. The lowest BCUT2D eigenvalue weighted by Crippen LogP contribution is -2.09. The Labute approximate surface area is 165 Å². The minimum atomic E-state index is -0.585. The molecule has 0 aliphatic carbocycles. The van der Waals surface area contributed by atoms with Crippen LogP contribution in [0.2, 0.25) is 0 Å². The maximum Gasteiger partial charge on any atom is 0.373 e. The van der Waals surface area contributed by atoms with Gasteiger partial charge in [-0.1, -0.05) is 17.7 Å². The maximum absolute atomic E-state index is 12.6. The van der Waals surface area contributed by atoms with Crippen molar-refractivity contribution in [1.29, 1.82) is 0 Å². The molecule has 0 spiro atoms. The first kappa shape index (κ1) is 17.7. The van der Waals surface area contributed by atoms with Crippen LogP contribution in [0.5, 0.6) is 0 Å². The fourth-order valence-electron chi connectivity index (χ4n) is 2.51. The Hall–Kier alpha value is -2.68. The molecule has 0 amide bonds. The number of fused-ring (bicyclic) bond motifs is 1. The van der Waals surface area contributed by atoms with Crippen LogP contribution in [-0.4, -0.2) is 23.0 Å². The monoisotopic (exact) mass is 418 g/mol. The van der Waals surface area contributed by atoms with Crippen LogP contribution in [0.25, 0.3) is 31.8 Å². The molecular formula is C18H11ClN2O4S2. The van der Waals surface area contributed by atoms with E-state index in [1.165, 1.54) is 30.6 Å². The molecule has 0 aliphatic heterocycles. The Balaban J connectivity index is 1.73. The molecule has 0 aromatic carbocycles. The van der Waals surface area contributed by atoms with Crippen molar-refractivity contribution in [2.45, 2.75) is 0 Å². The SMILES string of the molecule is COC(=O)c1ccc(/C=C(/Cl)c2nc3scc(-c4cccs4)c3c(=O)[nH]2)o1. The van der Waals surface area contributed by atoms with E-state index in [1.54, 1.807) is 17.4 Å². The fourth-order valence-corrected chi connectivity index (χ4v) is 4.47. The first-order valence-corrected chi connectivity index (χ1v) is 9.81. The number of hydrogen-bond donors (Lipinski definition) is 1. The predicted molar refractivity (Wildman–Crippen MR) is 107 cm³/mol. The van der Waals surface area contributed by atoms with E-state index in [1.807, 2.05) is 22.9 Å². The first-order chi connectivity index (χ1) is 13.1. The highest BCUT2D eigenvalue weighted by molar-refractivity contribution is 7.18. The standard InChI is InChI=1S/C18H11ClN2O4S2/c1-24-18(23)12-5-4-9(25-12)7-11(19)15-20-16(22)14-10(8-27-17(14)21-15)13-3-2-6-26-13/h2-8H,1H3,(H,20,21,22)/b11-7+. The molecule has 0 saturated heterocycles. The average Bonchev–Trinajstić information content (AvgIpc) is 3.40. The fraction of sp³-hybridized carbons (Fsp3) is 0.0556. The van der Waals surface area contributed by atoms with Gasteiger partial charge >= 0.3 is 5.97 Å². The Morgan fingerprint density at radius 1 is 1.33 bits per heavy atom. The molecule has 0 unspecified atom stereocenters. The third-order valence-corrected chi connectivity index (χ3v) is 5.80. The van der Waals surface area contributed by atoms with Gasteiger partial charge in [-0.2, -0.15) is 0 Å². The number of methoxy groups -OCH3 is 1. The first-order valence-electron chi connectivity index (χ1n) is 7.68. The van der Waals surface area contributed by atoms with Gasteiger partial charge in [-0.05, 0) is 23.6 Å². The number of carbonyl (C=O) groups is 1. The average molecular weight is 419 g/mol. The van der Waals surface area contributed by atoms with Gasteiger partial charge in [0, 0.05) is 21.9 Å². The highest BCUT2D eigenvalue weighted by atomic mass is 35.5. The molecule has 9 heteroatoms. The number of esters is 1. The topological polar surface area (TPSA) is 85.2 Å². The zero-order valence-corrected chi connectivity index (χ0v) is 16.2. The number of aromatic amines is 1. The molecule has 0 fully saturated rings. The number of H-pyrrole nitrogens is 1. The summed E-state index contributed by atoms with van der Waals surface area (Å²) < 4.78 is 9.94. The lowest BCUT2D eigenvalue weighted by molar-refractivity contribution is 0.0564. The van der Waals surface area contributed by atoms with Crippen LogP contribution in [0, 0.1) is 0 Å². The predicted octanol–water partition coefficient (Wildman–Crippen LogP) is 4.83. The summed E-state index contributed by atoms with van der Waals surface area (Å²) in [5, 5.41) is 4.60. The largest absolute Gasteiger partial charge is 0.463 e. The van der Waals surface area contributed by atoms with Crippen molar-refractivity contribution < 1.29 is 13.9 Å². The number of hydrogen-bond acceptors (Lipinski definition) is 7. The highest BCUT2D eigenvalue weighted by Crippen LogP contribution is 2.34. The number of halogens is 1. The molecule has 1 N–H and O–H groups in total. The molecule has 0 aliphatic rings. The Morgan fingerprint density at radius 3 is 2.93 bits per heavy atom. The van der Waals surface area contributed by atoms with Crippen LogP contribution in [0.4, 0.5) is 0 Å². The summed E-state index contributed by atoms with van der Waals surface area (Å²) in [6.45, 7) is 0. The van der Waals surface area contributed by atoms with Crippen molar-refractivity contribution in [2.75, 3.05) is 7.11 Å². The van der Waals surface area contributed by atoms with Crippen molar-refractivity contribution in [2.24, 2.45) is 0 Å². The second-order valence-electron chi connectivity index (χ2n) is 5.41. The lowest BCUT2D eigenvalue weighted by atomic mass is 10.2. The molecule has 136 valence electrons. The van der Waals surface area contributed by atoms with Gasteiger partial charge < -0.3 is 14.1 Å². The van der Waals surface area contributed by atoms with Gasteiger partial charge in [0.1, 0.15) is 10.6 Å². The van der Waals surface area contributed by atoms with E-state index in [4.69, 9.17) is 16.0 Å². The van der Waals surface area contributed by atoms with Crippen LogP contribution in [0.3, 0.4) is 0 Å². The Bertz CT molecular complexity index is 1220. The zero-order valence-electron chi connectivity index (χ0n) is 13.8. The third kappa shape index (κ3) is 3.34. The van der Waals surface area contributed by atoms with E-state index in [2.05, 4.69) is 14.7 Å². The van der Waals surface area contributed by atoms with Gasteiger partial charge in [0.15, 0.2) is 5.82 Å². The molecule has 0 radical (unpaired) electrons. The molecule has 4 aromatic heterocycles. The molecule has 4 aromatic rings. The molecule has 0 saturated carbocycles. The van der Waals surface area contributed by atoms with Crippen molar-refractivity contribution in [1.82, 2.24) is 9.97 Å². The number of rotatable bonds is 4. The smallest absolute Gasteiger partial charge is 0.373 e. The van der Waals surface area contributed by atoms with Gasteiger partial charge in [-0.25, -0.2) is 9.78 Å². The van der Waals surface area contributed by atoms with E-state index in [0.717, 1.165) is 10.4 Å². The normalized spacial score (nSPS) is 11.9. The number of furan rings is 1. The number of nitrogens with one attached hydrogen (secondary N) is 1. The number of nitrogens with zero attached hydrogens (tertiary/aromatic N) is 1. The summed E-state index contributed by atoms with van der Waals surface area (Å²) in [6, 6.07) is 6.95. The van der Waals surface area contributed by atoms with Gasteiger partial charge in [-0.15, -0.1) is 22.7 Å². The van der Waals surface area contributed by atoms with Crippen molar-refractivity contribution in [3.05, 3.63) is 62.7 Å². The van der Waals surface area contributed by atoms with Gasteiger partial charge in [0.05, 0.1) is 17.5 Å². The van der Waals surface area contributed by atoms with Gasteiger partial charge in [-0.3, -0.25) is 4.79 Å². The zero-order chi connectivity index (χ0) is 19.0. The molecular weight excluding hydrogens is 408 g/mol. The van der Waals surface area contributed by atoms with Gasteiger partial charge in [0.2, 0.25) is 5.76 Å². The van der Waals surface area contributed by atoms with E-state index in [0.29, 0.717) is 16.0 Å². The van der Waals surface area contributed by atoms with Crippen molar-refractivity contribution in [3.8, 4) is 10.4 Å². The Kier molecular flexibility index (Phi) is 4.69. The minimum absolute atomic E-state index is 0.0592. The number of carbonyl (C=O) groups excluding carboxylic acids is 1. The van der Waals surface area contributed by atoms with E-state index >= 15 is 0 Å². The summed E-state index contributed by atoms with van der Waals surface area (Å²) >= 11 is 9.24. The van der Waals surface area contributed by atoms with E-state index in [-0.39, 0.29) is 22.2 Å². The quantitative estimate of drug-likeness (QED) is 0.480. The van der Waals surface area contributed by atoms with E-state index < -0.39 is 5.97 Å². The number of thiophene rings is 2. The number of ether oxygens (including phenoxy) is 1. The molecule has 27 heavy (non-hydrogen) atoms. The minimum Gasteiger partial charge on any atom is -0.463 e. The van der Waals surface area contributed by atoms with Crippen LogP contribution >= 0.6 is 34.3 Å². The molecule has 6 nitrogen and oxygen atoms in total. The molecule has 4 rings (SSSR count). The van der Waals surface area contributed by atoms with Crippen LogP contribution in [-0.2, 0) is 4.74 Å². The summed E-state index contributed by atoms with van der Waals surface area (Å²) in [5.74, 6) is 0.0424. The second kappa shape index (κ2) is 7.15.